The molecule has 0 amide bonds. The fourth-order valence-electron chi connectivity index (χ4n) is 1.40. The van der Waals surface area contributed by atoms with Crippen LogP contribution in [0.2, 0.25) is 0 Å². The zero-order valence-corrected chi connectivity index (χ0v) is 7.84. The summed E-state index contributed by atoms with van der Waals surface area (Å²) in [6, 6.07) is 7.70. The van der Waals surface area contributed by atoms with Crippen molar-refractivity contribution in [3.63, 3.8) is 0 Å². The Morgan fingerprint density at radius 1 is 1.00 bits per heavy atom. The average Bonchev–Trinajstić information content (AvgIpc) is 2.04. The molecule has 1 heteroatoms. The lowest BCUT2D eigenvalue weighted by Gasteiger charge is -2.12. The molecule has 0 aliphatic carbocycles. The Bertz CT molecular complexity index is 224. The molecule has 0 N–H and O–H groups in total. The highest BCUT2D eigenvalue weighted by molar-refractivity contribution is 5.31. The first-order chi connectivity index (χ1) is 5.63. The zero-order chi connectivity index (χ0) is 9.14. The maximum Gasteiger partial charge on any atom is 0.123 e. The number of hydrogen-bond acceptors (Lipinski definition) is 0. The van der Waals surface area contributed by atoms with Gasteiger partial charge >= 0.3 is 0 Å². The van der Waals surface area contributed by atoms with Crippen molar-refractivity contribution >= 4 is 0 Å². The number of rotatable bonds is 2. The highest BCUT2D eigenvalue weighted by Gasteiger charge is 2.10. The van der Waals surface area contributed by atoms with Crippen molar-refractivity contribution in [3.05, 3.63) is 35.4 Å². The van der Waals surface area contributed by atoms with E-state index < -0.39 is 6.17 Å². The van der Waals surface area contributed by atoms with Crippen molar-refractivity contribution < 1.29 is 4.39 Å². The molecule has 1 unspecified atom stereocenters. The first-order valence-corrected chi connectivity index (χ1v) is 4.35. The molecule has 1 aromatic carbocycles. The van der Waals surface area contributed by atoms with Gasteiger partial charge in [-0.1, -0.05) is 38.1 Å². The summed E-state index contributed by atoms with van der Waals surface area (Å²) < 4.78 is 13.1. The van der Waals surface area contributed by atoms with Gasteiger partial charge in [0.1, 0.15) is 6.17 Å². The van der Waals surface area contributed by atoms with Gasteiger partial charge in [-0.05, 0) is 24.0 Å². The van der Waals surface area contributed by atoms with E-state index in [2.05, 4.69) is 13.8 Å². The third-order valence-corrected chi connectivity index (χ3v) is 2.05. The van der Waals surface area contributed by atoms with Gasteiger partial charge in [0.05, 0.1) is 0 Å². The van der Waals surface area contributed by atoms with Gasteiger partial charge in [-0.2, -0.15) is 0 Å². The lowest BCUT2D eigenvalue weighted by Crippen LogP contribution is -1.96. The number of halogens is 1. The standard InChI is InChI=1S/C11H15F/c1-8(2)10-6-4-5-7-11(10)9(3)12/h4-9H,1-3H3. The first-order valence-electron chi connectivity index (χ1n) is 4.35. The quantitative estimate of drug-likeness (QED) is 0.626. The van der Waals surface area contributed by atoms with Gasteiger partial charge in [-0.15, -0.1) is 0 Å². The average molecular weight is 166 g/mol. The highest BCUT2D eigenvalue weighted by atomic mass is 19.1. The summed E-state index contributed by atoms with van der Waals surface area (Å²) in [6.45, 7) is 5.75. The topological polar surface area (TPSA) is 0 Å². The van der Waals surface area contributed by atoms with Crippen LogP contribution in [0.25, 0.3) is 0 Å². The summed E-state index contributed by atoms with van der Waals surface area (Å²) in [5.74, 6) is 0.402. The van der Waals surface area contributed by atoms with Crippen molar-refractivity contribution in [2.24, 2.45) is 0 Å². The van der Waals surface area contributed by atoms with Gasteiger partial charge in [0.15, 0.2) is 0 Å². The second-order valence-corrected chi connectivity index (χ2v) is 3.40. The fourth-order valence-corrected chi connectivity index (χ4v) is 1.40. The zero-order valence-electron chi connectivity index (χ0n) is 7.84. The molecule has 0 spiro atoms. The summed E-state index contributed by atoms with van der Waals surface area (Å²) in [4.78, 5) is 0. The third-order valence-electron chi connectivity index (χ3n) is 2.05. The molecule has 0 aliphatic heterocycles. The van der Waals surface area contributed by atoms with Gasteiger partial charge in [0.25, 0.3) is 0 Å². The SMILES string of the molecule is CC(C)c1ccccc1C(C)F. The largest absolute Gasteiger partial charge is 0.243 e. The first kappa shape index (κ1) is 9.24. The predicted molar refractivity (Wildman–Crippen MR) is 50.1 cm³/mol. The number of hydrogen-bond donors (Lipinski definition) is 0. The van der Waals surface area contributed by atoms with E-state index in [4.69, 9.17) is 0 Å². The van der Waals surface area contributed by atoms with E-state index in [1.54, 1.807) is 6.92 Å². The fraction of sp³-hybridized carbons (Fsp3) is 0.455. The Morgan fingerprint density at radius 3 is 1.83 bits per heavy atom. The monoisotopic (exact) mass is 166 g/mol. The molecular weight excluding hydrogens is 151 g/mol. The molecule has 0 bridgehead atoms. The van der Waals surface area contributed by atoms with Gasteiger partial charge in [0.2, 0.25) is 0 Å². The lowest BCUT2D eigenvalue weighted by molar-refractivity contribution is 0.371. The Morgan fingerprint density at radius 2 is 1.50 bits per heavy atom. The maximum atomic E-state index is 13.1. The minimum Gasteiger partial charge on any atom is -0.243 e. The summed E-state index contributed by atoms with van der Waals surface area (Å²) in [5, 5.41) is 0. The van der Waals surface area contributed by atoms with E-state index in [1.165, 1.54) is 0 Å². The van der Waals surface area contributed by atoms with Crippen molar-refractivity contribution in [1.29, 1.82) is 0 Å². The molecule has 1 aromatic rings. The summed E-state index contributed by atoms with van der Waals surface area (Å²) in [5.41, 5.74) is 1.94. The molecular formula is C11H15F. The molecule has 0 aromatic heterocycles. The third kappa shape index (κ3) is 1.84. The van der Waals surface area contributed by atoms with Crippen LogP contribution in [-0.4, -0.2) is 0 Å². The molecule has 0 saturated heterocycles. The van der Waals surface area contributed by atoms with E-state index in [9.17, 15) is 4.39 Å². The van der Waals surface area contributed by atoms with Crippen LogP contribution in [0, 0.1) is 0 Å². The Kier molecular flexibility index (Phi) is 2.85. The van der Waals surface area contributed by atoms with Gasteiger partial charge < -0.3 is 0 Å². The molecule has 0 aliphatic rings. The normalized spacial score (nSPS) is 13.4. The van der Waals surface area contributed by atoms with E-state index in [0.717, 1.165) is 11.1 Å². The Balaban J connectivity index is 3.09. The minimum absolute atomic E-state index is 0.402. The molecule has 1 atom stereocenters. The Labute approximate surface area is 73.4 Å². The molecule has 12 heavy (non-hydrogen) atoms. The number of alkyl halides is 1. The van der Waals surface area contributed by atoms with Crippen molar-refractivity contribution in [1.82, 2.24) is 0 Å². The highest BCUT2D eigenvalue weighted by Crippen LogP contribution is 2.26. The van der Waals surface area contributed by atoms with Crippen LogP contribution >= 0.6 is 0 Å². The van der Waals surface area contributed by atoms with E-state index in [0.29, 0.717) is 5.92 Å². The van der Waals surface area contributed by atoms with E-state index in [1.807, 2.05) is 24.3 Å². The molecule has 0 nitrogen and oxygen atoms in total. The van der Waals surface area contributed by atoms with E-state index >= 15 is 0 Å². The second kappa shape index (κ2) is 3.70. The van der Waals surface area contributed by atoms with Crippen LogP contribution in [-0.2, 0) is 0 Å². The molecule has 0 saturated carbocycles. The van der Waals surface area contributed by atoms with Gasteiger partial charge in [-0.25, -0.2) is 4.39 Å². The molecule has 0 heterocycles. The molecule has 0 fully saturated rings. The summed E-state index contributed by atoms with van der Waals surface area (Å²) in [7, 11) is 0. The minimum atomic E-state index is -0.858. The van der Waals surface area contributed by atoms with Gasteiger partial charge in [-0.3, -0.25) is 0 Å². The van der Waals surface area contributed by atoms with E-state index in [-0.39, 0.29) is 0 Å². The van der Waals surface area contributed by atoms with Crippen LogP contribution in [0.15, 0.2) is 24.3 Å². The van der Waals surface area contributed by atoms with Crippen LogP contribution in [0.5, 0.6) is 0 Å². The van der Waals surface area contributed by atoms with Crippen molar-refractivity contribution in [3.8, 4) is 0 Å². The van der Waals surface area contributed by atoms with Crippen LogP contribution in [0.3, 0.4) is 0 Å². The molecule has 1 rings (SSSR count). The summed E-state index contributed by atoms with van der Waals surface area (Å²) >= 11 is 0. The maximum absolute atomic E-state index is 13.1. The van der Waals surface area contributed by atoms with Crippen molar-refractivity contribution in [2.45, 2.75) is 32.9 Å². The predicted octanol–water partition coefficient (Wildman–Crippen LogP) is 3.84. The summed E-state index contributed by atoms with van der Waals surface area (Å²) in [6.07, 6.45) is -0.858. The van der Waals surface area contributed by atoms with Crippen LogP contribution in [0.1, 0.15) is 44.0 Å². The smallest absolute Gasteiger partial charge is 0.123 e. The van der Waals surface area contributed by atoms with Crippen molar-refractivity contribution in [2.75, 3.05) is 0 Å². The van der Waals surface area contributed by atoms with Crippen LogP contribution in [0.4, 0.5) is 4.39 Å². The number of benzene rings is 1. The lowest BCUT2D eigenvalue weighted by atomic mass is 9.95. The molecule has 66 valence electrons. The van der Waals surface area contributed by atoms with Crippen LogP contribution < -0.4 is 0 Å². The van der Waals surface area contributed by atoms with Gasteiger partial charge in [0, 0.05) is 0 Å². The Hall–Kier alpha value is -0.850. The second-order valence-electron chi connectivity index (χ2n) is 3.40. The molecule has 0 radical (unpaired) electrons.